The first-order valence-electron chi connectivity index (χ1n) is 12.5. The van der Waals surface area contributed by atoms with Crippen molar-refractivity contribution in [2.45, 2.75) is 90.8 Å². The fourth-order valence-electron chi connectivity index (χ4n) is 8.12. The second-order valence-electron chi connectivity index (χ2n) is 11.3. The molecule has 7 atom stereocenters. The predicted molar refractivity (Wildman–Crippen MR) is 125 cm³/mol. The van der Waals surface area contributed by atoms with Gasteiger partial charge in [0.05, 0.1) is 6.10 Å². The number of carbonyl (C=O) groups excluding carboxylic acids is 3. The van der Waals surface area contributed by atoms with E-state index in [0.29, 0.717) is 37.5 Å². The standard InChI is InChI=1S/C25H37O9P/c1-15(26)32-14-22(28)25(33-16(2)27)12-9-21-19-6-5-17-13-18(34-35(29,30)31)7-10-23(17,3)20(19)8-11-24(21,25)4/h5,18-21H,6-14H2,1-4H3,(H2,29,30,31)/t18-,19+,20-,21-,23-,24-,25-/m0/s1. The van der Waals surface area contributed by atoms with Crippen LogP contribution in [0.25, 0.3) is 0 Å². The molecule has 0 heterocycles. The quantitative estimate of drug-likeness (QED) is 0.309. The maximum Gasteiger partial charge on any atom is 0.469 e. The number of Topliss-reactive ketones (excluding diaryl/α,β-unsaturated/α-hetero) is 1. The molecular weight excluding hydrogens is 475 g/mol. The molecular formula is C25H37O9P. The molecule has 3 fully saturated rings. The summed E-state index contributed by atoms with van der Waals surface area (Å²) in [5.41, 5.74) is -0.737. The number of allylic oxidation sites excluding steroid dienone is 1. The van der Waals surface area contributed by atoms with Gasteiger partial charge in [0.25, 0.3) is 0 Å². The highest BCUT2D eigenvalue weighted by Crippen LogP contribution is 2.68. The van der Waals surface area contributed by atoms with Crippen molar-refractivity contribution in [3.8, 4) is 0 Å². The highest BCUT2D eigenvalue weighted by molar-refractivity contribution is 7.46. The van der Waals surface area contributed by atoms with Crippen LogP contribution in [0.4, 0.5) is 0 Å². The minimum atomic E-state index is -4.54. The molecule has 0 aliphatic heterocycles. The summed E-state index contributed by atoms with van der Waals surface area (Å²) in [4.78, 5) is 55.5. The lowest BCUT2D eigenvalue weighted by molar-refractivity contribution is -0.190. The summed E-state index contributed by atoms with van der Waals surface area (Å²) < 4.78 is 27.3. The van der Waals surface area contributed by atoms with Crippen LogP contribution in [0.5, 0.6) is 0 Å². The van der Waals surface area contributed by atoms with E-state index >= 15 is 0 Å². The average Bonchev–Trinajstić information content (AvgIpc) is 3.04. The van der Waals surface area contributed by atoms with Gasteiger partial charge in [-0.25, -0.2) is 4.57 Å². The average molecular weight is 513 g/mol. The number of phosphoric acid groups is 1. The molecule has 196 valence electrons. The minimum absolute atomic E-state index is 0.0898. The van der Waals surface area contributed by atoms with E-state index in [0.717, 1.165) is 25.7 Å². The van der Waals surface area contributed by atoms with Crippen LogP contribution in [-0.2, 0) is 32.9 Å². The second-order valence-corrected chi connectivity index (χ2v) is 12.5. The SMILES string of the molecule is CC(=O)OCC(=O)[C@@]1(OC(C)=O)CC[C@H]2[C@@H]3CC=C4C[C@@H](OP(=O)(O)O)CC[C@]4(C)[C@H]3CC[C@@]21C. The molecule has 0 bridgehead atoms. The summed E-state index contributed by atoms with van der Waals surface area (Å²) in [5, 5.41) is 0. The Morgan fingerprint density at radius 2 is 1.71 bits per heavy atom. The molecule has 0 saturated heterocycles. The van der Waals surface area contributed by atoms with E-state index in [2.05, 4.69) is 19.9 Å². The lowest BCUT2D eigenvalue weighted by Gasteiger charge is -2.59. The van der Waals surface area contributed by atoms with Crippen molar-refractivity contribution in [1.29, 1.82) is 0 Å². The van der Waals surface area contributed by atoms with E-state index in [1.54, 1.807) is 0 Å². The van der Waals surface area contributed by atoms with Gasteiger partial charge in [-0.1, -0.05) is 25.5 Å². The molecule has 0 aromatic heterocycles. The van der Waals surface area contributed by atoms with Crippen LogP contribution in [0.2, 0.25) is 0 Å². The highest BCUT2D eigenvalue weighted by Gasteiger charge is 2.68. The number of ether oxygens (including phenoxy) is 2. The summed E-state index contributed by atoms with van der Waals surface area (Å²) in [6.07, 6.45) is 7.18. The molecule has 35 heavy (non-hydrogen) atoms. The summed E-state index contributed by atoms with van der Waals surface area (Å²) in [6, 6.07) is 0. The Hall–Kier alpha value is -1.54. The van der Waals surface area contributed by atoms with Crippen molar-refractivity contribution >= 4 is 25.5 Å². The third-order valence-electron chi connectivity index (χ3n) is 9.64. The lowest BCUT2D eigenvalue weighted by Crippen LogP contribution is -2.59. The third kappa shape index (κ3) is 4.54. The Morgan fingerprint density at radius 1 is 1.03 bits per heavy atom. The first-order valence-corrected chi connectivity index (χ1v) is 14.0. The normalized spacial score (nSPS) is 40.6. The predicted octanol–water partition coefficient (Wildman–Crippen LogP) is 3.86. The molecule has 0 radical (unpaired) electrons. The topological polar surface area (TPSA) is 136 Å². The van der Waals surface area contributed by atoms with Crippen LogP contribution in [0.15, 0.2) is 11.6 Å². The first-order chi connectivity index (χ1) is 16.2. The van der Waals surface area contributed by atoms with Crippen molar-refractivity contribution in [2.75, 3.05) is 6.61 Å². The molecule has 0 spiro atoms. The molecule has 0 aromatic carbocycles. The van der Waals surface area contributed by atoms with E-state index in [9.17, 15) is 28.7 Å². The zero-order valence-corrected chi connectivity index (χ0v) is 21.8. The summed E-state index contributed by atoms with van der Waals surface area (Å²) >= 11 is 0. The van der Waals surface area contributed by atoms with Crippen LogP contribution < -0.4 is 0 Å². The van der Waals surface area contributed by atoms with Gasteiger partial charge in [-0.2, -0.15) is 0 Å². The fraction of sp³-hybridized carbons (Fsp3) is 0.800. The number of esters is 2. The largest absolute Gasteiger partial charge is 0.469 e. The van der Waals surface area contributed by atoms with Crippen LogP contribution >= 0.6 is 7.82 Å². The Balaban J connectivity index is 1.61. The molecule has 4 rings (SSSR count). The van der Waals surface area contributed by atoms with Gasteiger partial charge in [-0.05, 0) is 74.5 Å². The van der Waals surface area contributed by atoms with E-state index in [4.69, 9.17) is 14.0 Å². The lowest BCUT2D eigenvalue weighted by atomic mass is 9.46. The molecule has 0 aromatic rings. The van der Waals surface area contributed by atoms with E-state index < -0.39 is 43.5 Å². The van der Waals surface area contributed by atoms with Crippen LogP contribution in [0, 0.1) is 28.6 Å². The van der Waals surface area contributed by atoms with Crippen LogP contribution in [0.3, 0.4) is 0 Å². The molecule has 4 aliphatic carbocycles. The number of phosphoric ester groups is 1. The van der Waals surface area contributed by atoms with Crippen molar-refractivity contribution in [1.82, 2.24) is 0 Å². The number of fused-ring (bicyclic) bond motifs is 5. The second kappa shape index (κ2) is 9.09. The van der Waals surface area contributed by atoms with Crippen molar-refractivity contribution < 1.29 is 42.7 Å². The number of carbonyl (C=O) groups is 3. The van der Waals surface area contributed by atoms with Gasteiger partial charge < -0.3 is 19.3 Å². The van der Waals surface area contributed by atoms with Crippen LogP contribution in [0.1, 0.15) is 79.1 Å². The molecule has 0 unspecified atom stereocenters. The Labute approximate surface area is 206 Å². The molecule has 0 amide bonds. The smallest absolute Gasteiger partial charge is 0.458 e. The molecule has 9 nitrogen and oxygen atoms in total. The fourth-order valence-corrected chi connectivity index (χ4v) is 8.69. The molecule has 10 heteroatoms. The maximum atomic E-state index is 13.4. The molecule has 3 saturated carbocycles. The van der Waals surface area contributed by atoms with Crippen molar-refractivity contribution in [2.24, 2.45) is 28.6 Å². The Morgan fingerprint density at radius 3 is 2.34 bits per heavy atom. The maximum absolute atomic E-state index is 13.4. The first kappa shape index (κ1) is 26.5. The van der Waals surface area contributed by atoms with Crippen molar-refractivity contribution in [3.05, 3.63) is 11.6 Å². The summed E-state index contributed by atoms with van der Waals surface area (Å²) in [7, 11) is -4.54. The van der Waals surface area contributed by atoms with Gasteiger partial charge in [0, 0.05) is 19.3 Å². The van der Waals surface area contributed by atoms with Gasteiger partial charge in [0.1, 0.15) is 0 Å². The molecule has 4 aliphatic rings. The number of hydrogen-bond donors (Lipinski definition) is 2. The monoisotopic (exact) mass is 512 g/mol. The zero-order valence-electron chi connectivity index (χ0n) is 21.0. The van der Waals surface area contributed by atoms with Gasteiger partial charge in [-0.3, -0.25) is 18.9 Å². The highest BCUT2D eigenvalue weighted by atomic mass is 31.2. The van der Waals surface area contributed by atoms with E-state index in [-0.39, 0.29) is 17.1 Å². The van der Waals surface area contributed by atoms with Gasteiger partial charge in [0.15, 0.2) is 12.2 Å². The summed E-state index contributed by atoms with van der Waals surface area (Å²) in [6.45, 7) is 6.48. The zero-order chi connectivity index (χ0) is 25.8. The van der Waals surface area contributed by atoms with Crippen LogP contribution in [-0.4, -0.2) is 45.8 Å². The number of hydrogen-bond acceptors (Lipinski definition) is 7. The Bertz CT molecular complexity index is 985. The van der Waals surface area contributed by atoms with Gasteiger partial charge in [0.2, 0.25) is 5.78 Å². The van der Waals surface area contributed by atoms with E-state index in [1.807, 2.05) is 0 Å². The summed E-state index contributed by atoms with van der Waals surface area (Å²) in [5.74, 6) is -0.559. The number of ketones is 1. The van der Waals surface area contributed by atoms with Crippen molar-refractivity contribution in [3.63, 3.8) is 0 Å². The van der Waals surface area contributed by atoms with E-state index in [1.165, 1.54) is 19.4 Å². The van der Waals surface area contributed by atoms with Gasteiger partial charge >= 0.3 is 19.8 Å². The number of rotatable bonds is 6. The van der Waals surface area contributed by atoms with Gasteiger partial charge in [-0.15, -0.1) is 0 Å². The minimum Gasteiger partial charge on any atom is -0.458 e. The molecule has 2 N–H and O–H groups in total. The third-order valence-corrected chi connectivity index (χ3v) is 10.2. The Kier molecular flexibility index (Phi) is 6.89.